The van der Waals surface area contributed by atoms with Gasteiger partial charge in [-0.1, -0.05) is 0 Å². The molecule has 0 aliphatic heterocycles. The Kier molecular flexibility index (Phi) is 3.54. The fraction of sp³-hybridized carbons (Fsp3) is 0. The van der Waals surface area contributed by atoms with Gasteiger partial charge in [0.15, 0.2) is 0 Å². The van der Waals surface area contributed by atoms with Crippen molar-refractivity contribution in [2.24, 2.45) is 0 Å². The molecule has 104 valence electrons. The van der Waals surface area contributed by atoms with E-state index < -0.39 is 33.0 Å². The predicted octanol–water partition coefficient (Wildman–Crippen LogP) is 2.50. The third kappa shape index (κ3) is 2.53. The van der Waals surface area contributed by atoms with Gasteiger partial charge >= 0.3 is 5.97 Å². The minimum absolute atomic E-state index is 0.207. The Hall–Kier alpha value is -2.28. The SMILES string of the molecule is O=C(O)c1cc(S(=O)(=O)c2ccc(F)cc2)ccc1F. The van der Waals surface area contributed by atoms with Gasteiger partial charge in [0, 0.05) is 0 Å². The van der Waals surface area contributed by atoms with Crippen LogP contribution in [0.25, 0.3) is 0 Å². The van der Waals surface area contributed by atoms with Crippen molar-refractivity contribution in [3.8, 4) is 0 Å². The van der Waals surface area contributed by atoms with Gasteiger partial charge in [0.1, 0.15) is 11.6 Å². The first-order valence-electron chi connectivity index (χ1n) is 5.36. The Morgan fingerprint density at radius 1 is 0.950 bits per heavy atom. The number of carboxylic acid groups (broad SMARTS) is 1. The molecule has 2 rings (SSSR count). The van der Waals surface area contributed by atoms with E-state index in [1.165, 1.54) is 0 Å². The number of hydrogen-bond donors (Lipinski definition) is 1. The van der Waals surface area contributed by atoms with Gasteiger partial charge in [0.25, 0.3) is 0 Å². The molecule has 0 aliphatic carbocycles. The summed E-state index contributed by atoms with van der Waals surface area (Å²) >= 11 is 0. The Balaban J connectivity index is 2.58. The van der Waals surface area contributed by atoms with Crippen molar-refractivity contribution >= 4 is 15.8 Å². The van der Waals surface area contributed by atoms with E-state index in [4.69, 9.17) is 5.11 Å². The van der Waals surface area contributed by atoms with E-state index in [1.807, 2.05) is 0 Å². The van der Waals surface area contributed by atoms with Crippen LogP contribution in [0, 0.1) is 11.6 Å². The van der Waals surface area contributed by atoms with E-state index in [1.54, 1.807) is 0 Å². The van der Waals surface area contributed by atoms with E-state index in [0.717, 1.165) is 42.5 Å². The molecule has 2 aromatic rings. The third-order valence-electron chi connectivity index (χ3n) is 2.60. The summed E-state index contributed by atoms with van der Waals surface area (Å²) in [5.74, 6) is -3.21. The summed E-state index contributed by atoms with van der Waals surface area (Å²) in [6.07, 6.45) is 0. The summed E-state index contributed by atoms with van der Waals surface area (Å²) < 4.78 is 50.4. The largest absolute Gasteiger partial charge is 0.478 e. The zero-order chi connectivity index (χ0) is 14.9. The van der Waals surface area contributed by atoms with Crippen LogP contribution in [0.15, 0.2) is 52.3 Å². The lowest BCUT2D eigenvalue weighted by Gasteiger charge is -2.06. The fourth-order valence-electron chi connectivity index (χ4n) is 1.59. The van der Waals surface area contributed by atoms with E-state index >= 15 is 0 Å². The van der Waals surface area contributed by atoms with E-state index in [-0.39, 0.29) is 9.79 Å². The van der Waals surface area contributed by atoms with Gasteiger partial charge in [-0.2, -0.15) is 0 Å². The molecule has 0 heterocycles. The van der Waals surface area contributed by atoms with Gasteiger partial charge in [0.2, 0.25) is 9.84 Å². The molecule has 4 nitrogen and oxygen atoms in total. The first-order chi connectivity index (χ1) is 9.32. The number of carbonyl (C=O) groups is 1. The maximum atomic E-state index is 13.2. The lowest BCUT2D eigenvalue weighted by molar-refractivity contribution is 0.0691. The van der Waals surface area contributed by atoms with Crippen molar-refractivity contribution in [3.63, 3.8) is 0 Å². The van der Waals surface area contributed by atoms with Gasteiger partial charge in [-0.05, 0) is 42.5 Å². The van der Waals surface area contributed by atoms with Crippen LogP contribution < -0.4 is 0 Å². The van der Waals surface area contributed by atoms with E-state index in [9.17, 15) is 22.0 Å². The average Bonchev–Trinajstić information content (AvgIpc) is 2.39. The highest BCUT2D eigenvalue weighted by Crippen LogP contribution is 2.23. The molecule has 20 heavy (non-hydrogen) atoms. The average molecular weight is 298 g/mol. The molecule has 1 N–H and O–H groups in total. The maximum Gasteiger partial charge on any atom is 0.338 e. The molecule has 2 aromatic carbocycles. The summed E-state index contributed by atoms with van der Waals surface area (Å²) in [4.78, 5) is 10.2. The summed E-state index contributed by atoms with van der Waals surface area (Å²) in [5, 5.41) is 8.78. The summed E-state index contributed by atoms with van der Waals surface area (Å²) in [7, 11) is -4.03. The number of benzene rings is 2. The number of aromatic carboxylic acids is 1. The second kappa shape index (κ2) is 5.01. The topological polar surface area (TPSA) is 71.4 Å². The minimum atomic E-state index is -4.03. The third-order valence-corrected chi connectivity index (χ3v) is 4.37. The zero-order valence-corrected chi connectivity index (χ0v) is 10.7. The predicted molar refractivity (Wildman–Crippen MR) is 65.2 cm³/mol. The first-order valence-corrected chi connectivity index (χ1v) is 6.84. The van der Waals surface area contributed by atoms with Crippen LogP contribution in [0.4, 0.5) is 8.78 Å². The summed E-state index contributed by atoms with van der Waals surface area (Å²) in [6, 6.07) is 6.49. The lowest BCUT2D eigenvalue weighted by Crippen LogP contribution is -2.06. The second-order valence-electron chi connectivity index (χ2n) is 3.90. The van der Waals surface area contributed by atoms with Crippen LogP contribution in [-0.2, 0) is 9.84 Å². The molecule has 0 fully saturated rings. The number of carboxylic acids is 1. The van der Waals surface area contributed by atoms with Gasteiger partial charge in [0.05, 0.1) is 15.4 Å². The number of hydrogen-bond acceptors (Lipinski definition) is 3. The van der Waals surface area contributed by atoms with Crippen LogP contribution in [0.2, 0.25) is 0 Å². The Labute approximate surface area is 113 Å². The lowest BCUT2D eigenvalue weighted by atomic mass is 10.2. The second-order valence-corrected chi connectivity index (χ2v) is 5.85. The highest BCUT2D eigenvalue weighted by molar-refractivity contribution is 7.91. The quantitative estimate of drug-likeness (QED) is 0.884. The molecule has 0 saturated heterocycles. The normalized spacial score (nSPS) is 11.3. The smallest absolute Gasteiger partial charge is 0.338 e. The van der Waals surface area contributed by atoms with Gasteiger partial charge < -0.3 is 5.11 Å². The highest BCUT2D eigenvalue weighted by atomic mass is 32.2. The molecular weight excluding hydrogens is 290 g/mol. The molecule has 0 unspecified atom stereocenters. The minimum Gasteiger partial charge on any atom is -0.478 e. The maximum absolute atomic E-state index is 13.2. The molecule has 0 saturated carbocycles. The molecule has 0 atom stereocenters. The van der Waals surface area contributed by atoms with E-state index in [2.05, 4.69) is 0 Å². The molecule has 0 amide bonds. The van der Waals surface area contributed by atoms with Crippen molar-refractivity contribution in [1.29, 1.82) is 0 Å². The Morgan fingerprint density at radius 2 is 1.50 bits per heavy atom. The van der Waals surface area contributed by atoms with Gasteiger partial charge in [-0.15, -0.1) is 0 Å². The highest BCUT2D eigenvalue weighted by Gasteiger charge is 2.21. The molecule has 7 heteroatoms. The zero-order valence-electron chi connectivity index (χ0n) is 9.88. The Morgan fingerprint density at radius 3 is 2.05 bits per heavy atom. The van der Waals surface area contributed by atoms with E-state index in [0.29, 0.717) is 0 Å². The van der Waals surface area contributed by atoms with Crippen LogP contribution in [0.3, 0.4) is 0 Å². The fourth-order valence-corrected chi connectivity index (χ4v) is 2.87. The van der Waals surface area contributed by atoms with Gasteiger partial charge in [-0.25, -0.2) is 22.0 Å². The van der Waals surface area contributed by atoms with Crippen molar-refractivity contribution < 1.29 is 27.1 Å². The van der Waals surface area contributed by atoms with Crippen molar-refractivity contribution in [2.45, 2.75) is 9.79 Å². The monoisotopic (exact) mass is 298 g/mol. The molecule has 0 aliphatic rings. The first kappa shape index (κ1) is 14.1. The molecule has 0 spiro atoms. The molecule has 0 aromatic heterocycles. The van der Waals surface area contributed by atoms with Crippen LogP contribution in [-0.4, -0.2) is 19.5 Å². The number of halogens is 2. The summed E-state index contributed by atoms with van der Waals surface area (Å²) in [6.45, 7) is 0. The molecule has 0 radical (unpaired) electrons. The summed E-state index contributed by atoms with van der Waals surface area (Å²) in [5.41, 5.74) is -0.742. The Bertz CT molecular complexity index is 767. The molecular formula is C13H8F2O4S. The van der Waals surface area contributed by atoms with Crippen molar-refractivity contribution in [2.75, 3.05) is 0 Å². The standard InChI is InChI=1S/C13H8F2O4S/c14-8-1-3-9(4-2-8)20(18,19)10-5-6-12(15)11(7-10)13(16)17/h1-7H,(H,16,17). The number of rotatable bonds is 3. The number of sulfone groups is 1. The van der Waals surface area contributed by atoms with Crippen molar-refractivity contribution in [3.05, 3.63) is 59.7 Å². The van der Waals surface area contributed by atoms with Gasteiger partial charge in [-0.3, -0.25) is 0 Å². The van der Waals surface area contributed by atoms with Crippen LogP contribution >= 0.6 is 0 Å². The molecule has 0 bridgehead atoms. The van der Waals surface area contributed by atoms with Crippen LogP contribution in [0.5, 0.6) is 0 Å². The van der Waals surface area contributed by atoms with Crippen LogP contribution in [0.1, 0.15) is 10.4 Å². The van der Waals surface area contributed by atoms with Crippen molar-refractivity contribution in [1.82, 2.24) is 0 Å².